The Morgan fingerprint density at radius 3 is 2.43 bits per heavy atom. The molecule has 0 rings (SSSR count). The summed E-state index contributed by atoms with van der Waals surface area (Å²) < 4.78 is 0. The van der Waals surface area contributed by atoms with E-state index >= 15 is 0 Å². The van der Waals surface area contributed by atoms with Crippen LogP contribution in [0.2, 0.25) is 0 Å². The number of hydrogen-bond acceptors (Lipinski definition) is 4. The normalized spacial score (nSPS) is 12.4. The monoisotopic (exact) mass is 199 g/mol. The van der Waals surface area contributed by atoms with E-state index in [0.29, 0.717) is 0 Å². The van der Waals surface area contributed by atoms with Crippen LogP contribution in [0.5, 0.6) is 0 Å². The van der Waals surface area contributed by atoms with Crippen LogP contribution in [0, 0.1) is 0 Å². The zero-order valence-corrected chi connectivity index (χ0v) is 7.82. The number of rotatable bonds is 4. The fraction of sp³-hybridized carbons (Fsp3) is 0.375. The fourth-order valence-electron chi connectivity index (χ4n) is 0.717. The molecule has 0 fully saturated rings. The van der Waals surface area contributed by atoms with Crippen LogP contribution in [-0.4, -0.2) is 23.8 Å². The van der Waals surface area contributed by atoms with Crippen molar-refractivity contribution in [2.75, 3.05) is 0 Å². The SMILES string of the molecule is CC=CC(=O)NC(=O)[C@@H](N)CC(N)=O. The van der Waals surface area contributed by atoms with Gasteiger partial charge in [0.2, 0.25) is 17.7 Å². The van der Waals surface area contributed by atoms with Crippen LogP contribution in [0.4, 0.5) is 0 Å². The van der Waals surface area contributed by atoms with Crippen LogP contribution < -0.4 is 16.8 Å². The molecule has 0 aliphatic carbocycles. The molecule has 6 nitrogen and oxygen atoms in total. The summed E-state index contributed by atoms with van der Waals surface area (Å²) in [5.41, 5.74) is 10.1. The standard InChI is InChI=1S/C8H13N3O3/c1-2-3-7(13)11-8(14)5(9)4-6(10)12/h2-3,5H,4,9H2,1H3,(H2,10,12)(H,11,13,14)/t5-/m0/s1. The number of carbonyl (C=O) groups is 3. The van der Waals surface area contributed by atoms with E-state index in [1.54, 1.807) is 6.92 Å². The van der Waals surface area contributed by atoms with Gasteiger partial charge in [-0.1, -0.05) is 6.08 Å². The van der Waals surface area contributed by atoms with Crippen LogP contribution >= 0.6 is 0 Å². The maximum atomic E-state index is 11.1. The second kappa shape index (κ2) is 5.87. The average molecular weight is 199 g/mol. The number of carbonyl (C=O) groups excluding carboxylic acids is 3. The lowest BCUT2D eigenvalue weighted by Gasteiger charge is -2.07. The number of primary amides is 1. The van der Waals surface area contributed by atoms with E-state index in [-0.39, 0.29) is 6.42 Å². The zero-order valence-electron chi connectivity index (χ0n) is 7.82. The van der Waals surface area contributed by atoms with Crippen molar-refractivity contribution in [3.8, 4) is 0 Å². The predicted octanol–water partition coefficient (Wildman–Crippen LogP) is -1.59. The van der Waals surface area contributed by atoms with E-state index < -0.39 is 23.8 Å². The highest BCUT2D eigenvalue weighted by atomic mass is 16.2. The first-order valence-electron chi connectivity index (χ1n) is 3.98. The van der Waals surface area contributed by atoms with Crippen molar-refractivity contribution >= 4 is 17.7 Å². The van der Waals surface area contributed by atoms with Crippen molar-refractivity contribution in [3.63, 3.8) is 0 Å². The van der Waals surface area contributed by atoms with Crippen molar-refractivity contribution < 1.29 is 14.4 Å². The second-order valence-corrected chi connectivity index (χ2v) is 2.63. The third-order valence-electron chi connectivity index (χ3n) is 1.32. The second-order valence-electron chi connectivity index (χ2n) is 2.63. The fourth-order valence-corrected chi connectivity index (χ4v) is 0.717. The smallest absolute Gasteiger partial charge is 0.250 e. The molecule has 14 heavy (non-hydrogen) atoms. The summed E-state index contributed by atoms with van der Waals surface area (Å²) in [5.74, 6) is -1.98. The molecule has 0 radical (unpaired) electrons. The lowest BCUT2D eigenvalue weighted by atomic mass is 10.2. The van der Waals surface area contributed by atoms with Crippen molar-refractivity contribution in [3.05, 3.63) is 12.2 Å². The van der Waals surface area contributed by atoms with Gasteiger partial charge in [0.1, 0.15) is 0 Å². The third kappa shape index (κ3) is 5.04. The minimum absolute atomic E-state index is 0.283. The Kier molecular flexibility index (Phi) is 5.16. The number of imide groups is 1. The third-order valence-corrected chi connectivity index (χ3v) is 1.32. The first-order chi connectivity index (χ1) is 6.47. The molecule has 0 unspecified atom stereocenters. The molecule has 5 N–H and O–H groups in total. The van der Waals surface area contributed by atoms with Gasteiger partial charge in [-0.05, 0) is 13.0 Å². The topological polar surface area (TPSA) is 115 Å². The molecule has 0 aliphatic heterocycles. The molecule has 0 bridgehead atoms. The van der Waals surface area contributed by atoms with Crippen molar-refractivity contribution in [2.24, 2.45) is 11.5 Å². The Morgan fingerprint density at radius 1 is 1.43 bits per heavy atom. The van der Waals surface area contributed by atoms with E-state index in [9.17, 15) is 14.4 Å². The van der Waals surface area contributed by atoms with Gasteiger partial charge in [0.15, 0.2) is 0 Å². The molecule has 6 heteroatoms. The average Bonchev–Trinajstić information content (AvgIpc) is 2.02. The van der Waals surface area contributed by atoms with E-state index in [1.165, 1.54) is 12.2 Å². The van der Waals surface area contributed by atoms with Gasteiger partial charge < -0.3 is 11.5 Å². The number of allylic oxidation sites excluding steroid dienone is 1. The summed E-state index contributed by atoms with van der Waals surface area (Å²) in [6.45, 7) is 1.63. The molecule has 3 amide bonds. The summed E-state index contributed by atoms with van der Waals surface area (Å²) in [7, 11) is 0. The highest BCUT2D eigenvalue weighted by Gasteiger charge is 2.16. The van der Waals surface area contributed by atoms with Gasteiger partial charge in [0.25, 0.3) is 0 Å². The first-order valence-corrected chi connectivity index (χ1v) is 3.98. The summed E-state index contributed by atoms with van der Waals surface area (Å²) >= 11 is 0. The summed E-state index contributed by atoms with van der Waals surface area (Å²) in [5, 5.41) is 1.99. The molecule has 0 aromatic heterocycles. The van der Waals surface area contributed by atoms with Crippen molar-refractivity contribution in [1.29, 1.82) is 0 Å². The highest BCUT2D eigenvalue weighted by Crippen LogP contribution is 1.87. The van der Waals surface area contributed by atoms with E-state index in [2.05, 4.69) is 0 Å². The van der Waals surface area contributed by atoms with Gasteiger partial charge in [-0.3, -0.25) is 19.7 Å². The molecule has 0 aliphatic rings. The van der Waals surface area contributed by atoms with Crippen LogP contribution in [0.15, 0.2) is 12.2 Å². The Balaban J connectivity index is 4.07. The predicted molar refractivity (Wildman–Crippen MR) is 49.8 cm³/mol. The molecule has 0 heterocycles. The van der Waals surface area contributed by atoms with Gasteiger partial charge >= 0.3 is 0 Å². The van der Waals surface area contributed by atoms with E-state index in [1.807, 2.05) is 5.32 Å². The molecule has 0 saturated carbocycles. The van der Waals surface area contributed by atoms with Crippen molar-refractivity contribution in [2.45, 2.75) is 19.4 Å². The molecule has 0 spiro atoms. The van der Waals surface area contributed by atoms with Gasteiger partial charge in [0.05, 0.1) is 12.5 Å². The maximum Gasteiger partial charge on any atom is 0.250 e. The zero-order chi connectivity index (χ0) is 11.1. The molecule has 0 aromatic rings. The summed E-state index contributed by atoms with van der Waals surface area (Å²) in [6.07, 6.45) is 2.37. The molecular formula is C8H13N3O3. The van der Waals surface area contributed by atoms with Gasteiger partial charge in [-0.25, -0.2) is 0 Å². The summed E-state index contributed by atoms with van der Waals surface area (Å²) in [4.78, 5) is 32.3. The van der Waals surface area contributed by atoms with Crippen molar-refractivity contribution in [1.82, 2.24) is 5.32 Å². The van der Waals surface area contributed by atoms with E-state index in [4.69, 9.17) is 11.5 Å². The van der Waals surface area contributed by atoms with Crippen LogP contribution in [0.25, 0.3) is 0 Å². The van der Waals surface area contributed by atoms with Crippen LogP contribution in [0.1, 0.15) is 13.3 Å². The number of hydrogen-bond donors (Lipinski definition) is 3. The van der Waals surface area contributed by atoms with Gasteiger partial charge in [-0.2, -0.15) is 0 Å². The van der Waals surface area contributed by atoms with Crippen LogP contribution in [-0.2, 0) is 14.4 Å². The molecule has 78 valence electrons. The lowest BCUT2D eigenvalue weighted by molar-refractivity contribution is -0.131. The number of nitrogens with two attached hydrogens (primary N) is 2. The van der Waals surface area contributed by atoms with Gasteiger partial charge in [0, 0.05) is 0 Å². The Bertz CT molecular complexity index is 273. The van der Waals surface area contributed by atoms with Crippen LogP contribution in [0.3, 0.4) is 0 Å². The van der Waals surface area contributed by atoms with E-state index in [0.717, 1.165) is 0 Å². The molecular weight excluding hydrogens is 186 g/mol. The Labute approximate surface area is 81.3 Å². The minimum Gasteiger partial charge on any atom is -0.370 e. The maximum absolute atomic E-state index is 11.1. The quantitative estimate of drug-likeness (QED) is 0.473. The number of amides is 3. The lowest BCUT2D eigenvalue weighted by Crippen LogP contribution is -2.44. The first kappa shape index (κ1) is 12.3. The summed E-state index contributed by atoms with van der Waals surface area (Å²) in [6, 6.07) is -1.08. The molecule has 1 atom stereocenters. The Morgan fingerprint density at radius 2 is 2.00 bits per heavy atom. The molecule has 0 saturated heterocycles. The Hall–Kier alpha value is -1.69. The van der Waals surface area contributed by atoms with Gasteiger partial charge in [-0.15, -0.1) is 0 Å². The molecule has 0 aromatic carbocycles. The minimum atomic E-state index is -1.08. The number of nitrogens with one attached hydrogen (secondary N) is 1. The highest BCUT2D eigenvalue weighted by molar-refractivity contribution is 6.03. The largest absolute Gasteiger partial charge is 0.370 e.